The number of hydrogen-bond acceptors (Lipinski definition) is 4. The molecule has 0 amide bonds. The summed E-state index contributed by atoms with van der Waals surface area (Å²) in [5.74, 6) is -0.785. The molecule has 1 aliphatic heterocycles. The number of nitrogens with zero attached hydrogens (tertiary/aromatic N) is 2. The smallest absolute Gasteiger partial charge is 0.325 e. The highest BCUT2D eigenvalue weighted by Gasteiger charge is 2.36. The van der Waals surface area contributed by atoms with Crippen molar-refractivity contribution in [2.45, 2.75) is 25.4 Å². The molecule has 0 spiro atoms. The molecule has 0 bridgehead atoms. The van der Waals surface area contributed by atoms with Crippen LogP contribution in [0.2, 0.25) is 0 Å². The summed E-state index contributed by atoms with van der Waals surface area (Å²) in [6.45, 7) is 2.78. The van der Waals surface area contributed by atoms with Crippen molar-refractivity contribution >= 4 is 17.3 Å². The molecule has 2 aromatic heterocycles. The van der Waals surface area contributed by atoms with E-state index in [1.54, 1.807) is 17.5 Å². The van der Waals surface area contributed by atoms with Crippen LogP contribution in [0.5, 0.6) is 0 Å². The number of pyridine rings is 1. The molecule has 3 rings (SSSR count). The van der Waals surface area contributed by atoms with Gasteiger partial charge in [-0.15, -0.1) is 11.3 Å². The van der Waals surface area contributed by atoms with Crippen molar-refractivity contribution in [3.05, 3.63) is 52.0 Å². The highest BCUT2D eigenvalue weighted by atomic mass is 32.1. The number of carbonyl (C=O) groups is 1. The van der Waals surface area contributed by atoms with Crippen molar-refractivity contribution in [2.75, 3.05) is 6.54 Å². The molecular formula is C15H16N2O2S. The van der Waals surface area contributed by atoms with Crippen LogP contribution in [-0.4, -0.2) is 27.5 Å². The minimum absolute atomic E-state index is 0.00894. The van der Waals surface area contributed by atoms with Crippen molar-refractivity contribution in [3.8, 4) is 0 Å². The van der Waals surface area contributed by atoms with Crippen LogP contribution in [0.3, 0.4) is 0 Å². The highest BCUT2D eigenvalue weighted by molar-refractivity contribution is 7.10. The fourth-order valence-electron chi connectivity index (χ4n) is 2.82. The standard InChI is InChI=1S/C15H16N2O2S/c1-10(12-4-2-3-7-16-12)17-8-5-13-11(6-9-20-13)14(17)15(18)19/h2-4,6-7,9-10,14H,5,8H2,1H3,(H,18,19). The topological polar surface area (TPSA) is 53.4 Å². The molecule has 5 heteroatoms. The van der Waals surface area contributed by atoms with Gasteiger partial charge in [0.25, 0.3) is 0 Å². The molecule has 0 radical (unpaired) electrons. The third-order valence-electron chi connectivity index (χ3n) is 3.85. The van der Waals surface area contributed by atoms with Gasteiger partial charge in [0.1, 0.15) is 6.04 Å². The van der Waals surface area contributed by atoms with Crippen molar-refractivity contribution < 1.29 is 9.90 Å². The maximum atomic E-state index is 11.7. The van der Waals surface area contributed by atoms with E-state index < -0.39 is 12.0 Å². The van der Waals surface area contributed by atoms with Crippen molar-refractivity contribution in [2.24, 2.45) is 0 Å². The summed E-state index contributed by atoms with van der Waals surface area (Å²) < 4.78 is 0. The third kappa shape index (κ3) is 2.23. The average Bonchev–Trinajstić information content (AvgIpc) is 2.94. The molecule has 104 valence electrons. The zero-order valence-corrected chi connectivity index (χ0v) is 12.0. The van der Waals surface area contributed by atoms with Crippen LogP contribution in [-0.2, 0) is 11.2 Å². The zero-order chi connectivity index (χ0) is 14.1. The lowest BCUT2D eigenvalue weighted by Gasteiger charge is -2.37. The van der Waals surface area contributed by atoms with Gasteiger partial charge in [0.15, 0.2) is 0 Å². The molecule has 20 heavy (non-hydrogen) atoms. The minimum Gasteiger partial charge on any atom is -0.480 e. The van der Waals surface area contributed by atoms with Gasteiger partial charge in [0.05, 0.1) is 11.7 Å². The van der Waals surface area contributed by atoms with E-state index in [0.29, 0.717) is 0 Å². The Kier molecular flexibility index (Phi) is 3.54. The number of aliphatic carboxylic acids is 1. The van der Waals surface area contributed by atoms with E-state index in [0.717, 1.165) is 24.2 Å². The van der Waals surface area contributed by atoms with Gasteiger partial charge in [-0.2, -0.15) is 0 Å². The molecule has 0 saturated carbocycles. The van der Waals surface area contributed by atoms with E-state index >= 15 is 0 Å². The van der Waals surface area contributed by atoms with E-state index in [4.69, 9.17) is 0 Å². The molecule has 2 atom stereocenters. The second kappa shape index (κ2) is 5.34. The molecule has 0 saturated heterocycles. The molecule has 1 aliphatic rings. The largest absolute Gasteiger partial charge is 0.480 e. The van der Waals surface area contributed by atoms with E-state index in [2.05, 4.69) is 4.98 Å². The summed E-state index contributed by atoms with van der Waals surface area (Å²) in [6.07, 6.45) is 2.66. The first kappa shape index (κ1) is 13.3. The lowest BCUT2D eigenvalue weighted by atomic mass is 9.97. The van der Waals surface area contributed by atoms with Gasteiger partial charge in [-0.1, -0.05) is 6.07 Å². The summed E-state index contributed by atoms with van der Waals surface area (Å²) in [5.41, 5.74) is 1.86. The first-order chi connectivity index (χ1) is 9.68. The van der Waals surface area contributed by atoms with Crippen LogP contribution in [0.4, 0.5) is 0 Å². The number of hydrogen-bond donors (Lipinski definition) is 1. The van der Waals surface area contributed by atoms with Gasteiger partial charge in [-0.3, -0.25) is 14.7 Å². The number of aromatic nitrogens is 1. The summed E-state index contributed by atoms with van der Waals surface area (Å²) in [7, 11) is 0. The number of carboxylic acids is 1. The SMILES string of the molecule is CC(c1ccccn1)N1CCc2sccc2C1C(=O)O. The van der Waals surface area contributed by atoms with E-state index in [1.165, 1.54) is 4.88 Å². The normalized spacial score (nSPS) is 20.4. The maximum absolute atomic E-state index is 11.7. The highest BCUT2D eigenvalue weighted by Crippen LogP contribution is 2.37. The molecule has 0 aliphatic carbocycles. The molecule has 1 N–H and O–H groups in total. The van der Waals surface area contributed by atoms with E-state index in [9.17, 15) is 9.90 Å². The van der Waals surface area contributed by atoms with Crippen molar-refractivity contribution in [3.63, 3.8) is 0 Å². The minimum atomic E-state index is -0.785. The Balaban J connectivity index is 1.95. The van der Waals surface area contributed by atoms with Crippen LogP contribution in [0, 0.1) is 0 Å². The lowest BCUT2D eigenvalue weighted by Crippen LogP contribution is -2.40. The summed E-state index contributed by atoms with van der Waals surface area (Å²) in [5, 5.41) is 11.6. The Morgan fingerprint density at radius 3 is 3.05 bits per heavy atom. The number of fused-ring (bicyclic) bond motifs is 1. The lowest BCUT2D eigenvalue weighted by molar-refractivity contribution is -0.145. The quantitative estimate of drug-likeness (QED) is 0.943. The number of rotatable bonds is 3. The Bertz CT molecular complexity index is 611. The van der Waals surface area contributed by atoms with Crippen LogP contribution in [0.1, 0.15) is 35.1 Å². The number of carboxylic acid groups (broad SMARTS) is 1. The first-order valence-corrected chi connectivity index (χ1v) is 7.52. The number of thiophene rings is 1. The fraction of sp³-hybridized carbons (Fsp3) is 0.333. The molecule has 0 fully saturated rings. The third-order valence-corrected chi connectivity index (χ3v) is 4.85. The first-order valence-electron chi connectivity index (χ1n) is 6.64. The molecule has 4 nitrogen and oxygen atoms in total. The Labute approximate surface area is 121 Å². The monoisotopic (exact) mass is 288 g/mol. The maximum Gasteiger partial charge on any atom is 0.325 e. The zero-order valence-electron chi connectivity index (χ0n) is 11.2. The van der Waals surface area contributed by atoms with E-state index in [1.807, 2.05) is 41.5 Å². The molecule has 2 aromatic rings. The van der Waals surface area contributed by atoms with Gasteiger partial charge >= 0.3 is 5.97 Å². The van der Waals surface area contributed by atoms with Gasteiger partial charge < -0.3 is 5.11 Å². The van der Waals surface area contributed by atoms with Crippen molar-refractivity contribution in [1.29, 1.82) is 0 Å². The fourth-order valence-corrected chi connectivity index (χ4v) is 3.72. The molecule has 3 heterocycles. The van der Waals surface area contributed by atoms with Crippen LogP contribution in [0.25, 0.3) is 0 Å². The summed E-state index contributed by atoms with van der Waals surface area (Å²) >= 11 is 1.65. The van der Waals surface area contributed by atoms with Gasteiger partial charge in [-0.25, -0.2) is 0 Å². The predicted molar refractivity (Wildman–Crippen MR) is 77.8 cm³/mol. The second-order valence-corrected chi connectivity index (χ2v) is 5.96. The summed E-state index contributed by atoms with van der Waals surface area (Å²) in [6, 6.07) is 7.13. The Hall–Kier alpha value is -1.72. The molecule has 2 unspecified atom stereocenters. The van der Waals surface area contributed by atoms with Crippen LogP contribution in [0.15, 0.2) is 35.8 Å². The summed E-state index contributed by atoms with van der Waals surface area (Å²) in [4.78, 5) is 19.3. The Morgan fingerprint density at radius 2 is 2.35 bits per heavy atom. The second-order valence-electron chi connectivity index (χ2n) is 4.96. The van der Waals surface area contributed by atoms with Crippen LogP contribution >= 0.6 is 11.3 Å². The van der Waals surface area contributed by atoms with E-state index in [-0.39, 0.29) is 6.04 Å². The van der Waals surface area contributed by atoms with Gasteiger partial charge in [-0.05, 0) is 42.5 Å². The predicted octanol–water partition coefficient (Wildman–Crippen LogP) is 2.89. The van der Waals surface area contributed by atoms with Gasteiger partial charge in [0, 0.05) is 17.6 Å². The van der Waals surface area contributed by atoms with Crippen molar-refractivity contribution in [1.82, 2.24) is 9.88 Å². The average molecular weight is 288 g/mol. The molecular weight excluding hydrogens is 272 g/mol. The van der Waals surface area contributed by atoms with Crippen LogP contribution < -0.4 is 0 Å². The van der Waals surface area contributed by atoms with Gasteiger partial charge in [0.2, 0.25) is 0 Å². The Morgan fingerprint density at radius 1 is 1.50 bits per heavy atom. The molecule has 0 aromatic carbocycles.